The van der Waals surface area contributed by atoms with E-state index >= 15 is 0 Å². The summed E-state index contributed by atoms with van der Waals surface area (Å²) in [7, 11) is -7.38. The standard InChI is InChI=1S/C21H26N2O5S2/c1-17-4-6-18(7-5-17)21-3-2-12-23(21)30(26,27)20-10-8-19(9-11-20)29(24,25)22-13-15-28-16-14-22/h4-11,21H,2-3,12-16H2,1H3. The molecule has 2 fully saturated rings. The van der Waals surface area contributed by atoms with E-state index < -0.39 is 20.0 Å². The van der Waals surface area contributed by atoms with Gasteiger partial charge in [0, 0.05) is 19.6 Å². The van der Waals surface area contributed by atoms with Gasteiger partial charge in [-0.1, -0.05) is 29.8 Å². The van der Waals surface area contributed by atoms with Crippen molar-refractivity contribution in [1.82, 2.24) is 8.61 Å². The molecule has 162 valence electrons. The van der Waals surface area contributed by atoms with E-state index in [1.807, 2.05) is 31.2 Å². The zero-order valence-corrected chi connectivity index (χ0v) is 18.5. The maximum atomic E-state index is 13.3. The molecule has 0 saturated carbocycles. The van der Waals surface area contributed by atoms with E-state index in [2.05, 4.69) is 0 Å². The second-order valence-electron chi connectivity index (χ2n) is 7.67. The highest BCUT2D eigenvalue weighted by molar-refractivity contribution is 7.89. The van der Waals surface area contributed by atoms with Crippen LogP contribution in [0.5, 0.6) is 0 Å². The summed E-state index contributed by atoms with van der Waals surface area (Å²) in [6, 6.07) is 13.3. The molecule has 0 bridgehead atoms. The molecule has 30 heavy (non-hydrogen) atoms. The van der Waals surface area contributed by atoms with Crippen LogP contribution in [0.4, 0.5) is 0 Å². The second-order valence-corrected chi connectivity index (χ2v) is 11.5. The predicted molar refractivity (Wildman–Crippen MR) is 113 cm³/mol. The van der Waals surface area contributed by atoms with E-state index in [0.717, 1.165) is 24.0 Å². The Morgan fingerprint density at radius 3 is 1.97 bits per heavy atom. The molecule has 2 saturated heterocycles. The first-order valence-corrected chi connectivity index (χ1v) is 12.9. The zero-order chi connectivity index (χ0) is 21.4. The summed E-state index contributed by atoms with van der Waals surface area (Å²) in [5, 5.41) is 0. The number of aryl methyl sites for hydroxylation is 1. The van der Waals surface area contributed by atoms with E-state index in [9.17, 15) is 16.8 Å². The number of hydrogen-bond acceptors (Lipinski definition) is 5. The lowest BCUT2D eigenvalue weighted by Crippen LogP contribution is -2.40. The Hall–Kier alpha value is -1.78. The highest BCUT2D eigenvalue weighted by Crippen LogP contribution is 2.36. The molecule has 0 spiro atoms. The Morgan fingerprint density at radius 2 is 1.37 bits per heavy atom. The summed E-state index contributed by atoms with van der Waals surface area (Å²) < 4.78 is 60.3. The highest BCUT2D eigenvalue weighted by atomic mass is 32.2. The minimum Gasteiger partial charge on any atom is -0.379 e. The number of morpholine rings is 1. The van der Waals surface area contributed by atoms with Gasteiger partial charge >= 0.3 is 0 Å². The maximum Gasteiger partial charge on any atom is 0.243 e. The van der Waals surface area contributed by atoms with Crippen molar-refractivity contribution in [3.63, 3.8) is 0 Å². The van der Waals surface area contributed by atoms with Gasteiger partial charge in [-0.3, -0.25) is 0 Å². The summed E-state index contributed by atoms with van der Waals surface area (Å²) in [6.45, 7) is 3.78. The molecule has 2 aromatic rings. The normalized spacial score (nSPS) is 21.7. The second kappa shape index (κ2) is 8.39. The van der Waals surface area contributed by atoms with Crippen LogP contribution in [0.25, 0.3) is 0 Å². The zero-order valence-electron chi connectivity index (χ0n) is 16.9. The van der Waals surface area contributed by atoms with E-state index in [4.69, 9.17) is 4.74 Å². The van der Waals surface area contributed by atoms with Gasteiger partial charge in [0.1, 0.15) is 0 Å². The van der Waals surface area contributed by atoms with Gasteiger partial charge < -0.3 is 4.74 Å². The summed E-state index contributed by atoms with van der Waals surface area (Å²) in [5.74, 6) is 0. The van der Waals surface area contributed by atoms with Crippen molar-refractivity contribution in [3.8, 4) is 0 Å². The van der Waals surface area contributed by atoms with Gasteiger partial charge in [0.25, 0.3) is 0 Å². The van der Waals surface area contributed by atoms with Crippen LogP contribution in [0.15, 0.2) is 58.3 Å². The van der Waals surface area contributed by atoms with E-state index in [1.54, 1.807) is 0 Å². The van der Waals surface area contributed by atoms with Crippen molar-refractivity contribution in [1.29, 1.82) is 0 Å². The van der Waals surface area contributed by atoms with Crippen molar-refractivity contribution in [2.75, 3.05) is 32.8 Å². The van der Waals surface area contributed by atoms with E-state index in [-0.39, 0.29) is 15.8 Å². The van der Waals surface area contributed by atoms with Crippen molar-refractivity contribution < 1.29 is 21.6 Å². The SMILES string of the molecule is Cc1ccc(C2CCCN2S(=O)(=O)c2ccc(S(=O)(=O)N3CCOCC3)cc2)cc1. The Labute approximate surface area is 178 Å². The number of ether oxygens (including phenoxy) is 1. The van der Waals surface area contributed by atoms with Gasteiger partial charge in [-0.15, -0.1) is 0 Å². The molecule has 2 aliphatic rings. The van der Waals surface area contributed by atoms with Crippen molar-refractivity contribution in [3.05, 3.63) is 59.7 Å². The molecule has 0 N–H and O–H groups in total. The van der Waals surface area contributed by atoms with Crippen LogP contribution in [0.2, 0.25) is 0 Å². The van der Waals surface area contributed by atoms with Gasteiger partial charge in [-0.25, -0.2) is 16.8 Å². The van der Waals surface area contributed by atoms with E-state index in [0.29, 0.717) is 32.8 Å². The van der Waals surface area contributed by atoms with Gasteiger partial charge in [0.2, 0.25) is 20.0 Å². The number of hydrogen-bond donors (Lipinski definition) is 0. The lowest BCUT2D eigenvalue weighted by molar-refractivity contribution is 0.0730. The van der Waals surface area contributed by atoms with Gasteiger partial charge in [0.15, 0.2) is 0 Å². The summed E-state index contributed by atoms with van der Waals surface area (Å²) in [5.41, 5.74) is 2.11. The van der Waals surface area contributed by atoms with Crippen LogP contribution in [-0.4, -0.2) is 58.3 Å². The molecule has 7 nitrogen and oxygen atoms in total. The molecule has 4 rings (SSSR count). The fraction of sp³-hybridized carbons (Fsp3) is 0.429. The summed E-state index contributed by atoms with van der Waals surface area (Å²) >= 11 is 0. The lowest BCUT2D eigenvalue weighted by Gasteiger charge is -2.26. The fourth-order valence-electron chi connectivity index (χ4n) is 4.00. The summed E-state index contributed by atoms with van der Waals surface area (Å²) in [4.78, 5) is 0.210. The predicted octanol–water partition coefficient (Wildman–Crippen LogP) is 2.54. The van der Waals surface area contributed by atoms with Crippen LogP contribution < -0.4 is 0 Å². The van der Waals surface area contributed by atoms with Crippen LogP contribution in [0.3, 0.4) is 0 Å². The Kier molecular flexibility index (Phi) is 6.00. The van der Waals surface area contributed by atoms with Crippen molar-refractivity contribution in [2.45, 2.75) is 35.6 Å². The van der Waals surface area contributed by atoms with Crippen molar-refractivity contribution >= 4 is 20.0 Å². The highest BCUT2D eigenvalue weighted by Gasteiger charge is 2.36. The number of rotatable bonds is 5. The smallest absolute Gasteiger partial charge is 0.243 e. The minimum atomic E-state index is -3.73. The first-order chi connectivity index (χ1) is 14.3. The molecule has 0 aromatic heterocycles. The molecular weight excluding hydrogens is 424 g/mol. The number of sulfonamides is 2. The van der Waals surface area contributed by atoms with Gasteiger partial charge in [-0.05, 0) is 49.6 Å². The molecule has 1 atom stereocenters. The molecule has 9 heteroatoms. The average Bonchev–Trinajstić information content (AvgIpc) is 3.26. The first-order valence-electron chi connectivity index (χ1n) is 10.1. The summed E-state index contributed by atoms with van der Waals surface area (Å²) in [6.07, 6.45) is 1.56. The molecule has 0 aliphatic carbocycles. The van der Waals surface area contributed by atoms with E-state index in [1.165, 1.54) is 32.9 Å². The first kappa shape index (κ1) is 21.5. The molecule has 2 heterocycles. The number of benzene rings is 2. The van der Waals surface area contributed by atoms with Crippen LogP contribution in [0.1, 0.15) is 30.0 Å². The Balaban J connectivity index is 1.59. The van der Waals surface area contributed by atoms with Crippen LogP contribution >= 0.6 is 0 Å². The molecule has 0 amide bonds. The van der Waals surface area contributed by atoms with Gasteiger partial charge in [-0.2, -0.15) is 8.61 Å². The topological polar surface area (TPSA) is 84.0 Å². The van der Waals surface area contributed by atoms with Crippen LogP contribution in [0, 0.1) is 6.92 Å². The average molecular weight is 451 g/mol. The van der Waals surface area contributed by atoms with Crippen molar-refractivity contribution in [2.24, 2.45) is 0 Å². The Morgan fingerprint density at radius 1 is 0.800 bits per heavy atom. The van der Waals surface area contributed by atoms with Crippen LogP contribution in [-0.2, 0) is 24.8 Å². The number of nitrogens with zero attached hydrogens (tertiary/aromatic N) is 2. The monoisotopic (exact) mass is 450 g/mol. The fourth-order valence-corrected chi connectivity index (χ4v) is 7.09. The minimum absolute atomic E-state index is 0.0971. The quantitative estimate of drug-likeness (QED) is 0.699. The molecular formula is C21H26N2O5S2. The molecule has 2 aromatic carbocycles. The third-order valence-corrected chi connectivity index (χ3v) is 9.54. The third-order valence-electron chi connectivity index (χ3n) is 5.70. The largest absolute Gasteiger partial charge is 0.379 e. The molecule has 0 radical (unpaired) electrons. The molecule has 2 aliphatic heterocycles. The Bertz CT molecular complexity index is 1090. The third kappa shape index (κ3) is 4.04. The maximum absolute atomic E-state index is 13.3. The molecule has 1 unspecified atom stereocenters. The lowest BCUT2D eigenvalue weighted by atomic mass is 10.0. The van der Waals surface area contributed by atoms with Gasteiger partial charge in [0.05, 0.1) is 29.0 Å².